The number of nitrogens with zero attached hydrogens (tertiary/aromatic N) is 1. The second-order valence-corrected chi connectivity index (χ2v) is 5.62. The Bertz CT molecular complexity index is 452. The Morgan fingerprint density at radius 3 is 2.29 bits per heavy atom. The molecule has 0 spiro atoms. The van der Waals surface area contributed by atoms with Crippen molar-refractivity contribution in [2.24, 2.45) is 11.7 Å². The van der Waals surface area contributed by atoms with Gasteiger partial charge in [0, 0.05) is 13.1 Å². The SMILES string of the molecule is CS(=O)(=O)NC(=O)CC(=O)N1CC(C(N)=O)C1. The number of nitrogens with two attached hydrogens (primary N) is 1. The van der Waals surface area contributed by atoms with E-state index in [1.807, 2.05) is 0 Å². The fraction of sp³-hybridized carbons (Fsp3) is 0.625. The summed E-state index contributed by atoms with van der Waals surface area (Å²) >= 11 is 0. The summed E-state index contributed by atoms with van der Waals surface area (Å²) in [6, 6.07) is 0. The fourth-order valence-electron chi connectivity index (χ4n) is 1.35. The Labute approximate surface area is 98.2 Å². The van der Waals surface area contributed by atoms with Gasteiger partial charge >= 0.3 is 0 Å². The number of nitrogens with one attached hydrogen (secondary N) is 1. The van der Waals surface area contributed by atoms with Crippen LogP contribution in [0.5, 0.6) is 0 Å². The lowest BCUT2D eigenvalue weighted by Gasteiger charge is -2.37. The van der Waals surface area contributed by atoms with Crippen LogP contribution in [0.1, 0.15) is 6.42 Å². The van der Waals surface area contributed by atoms with E-state index in [0.717, 1.165) is 6.26 Å². The first-order valence-electron chi connectivity index (χ1n) is 4.77. The fourth-order valence-corrected chi connectivity index (χ4v) is 1.84. The number of carbonyl (C=O) groups excluding carboxylic acids is 3. The maximum absolute atomic E-state index is 11.4. The van der Waals surface area contributed by atoms with Gasteiger partial charge in [-0.05, 0) is 0 Å². The summed E-state index contributed by atoms with van der Waals surface area (Å²) in [6.07, 6.45) is 0.265. The second-order valence-electron chi connectivity index (χ2n) is 3.87. The third-order valence-corrected chi connectivity index (χ3v) is 2.85. The Hall–Kier alpha value is -1.64. The summed E-state index contributed by atoms with van der Waals surface area (Å²) in [7, 11) is -3.65. The Balaban J connectivity index is 2.37. The molecule has 0 aromatic carbocycles. The molecule has 1 aliphatic rings. The molecule has 9 heteroatoms. The van der Waals surface area contributed by atoms with Crippen LogP contribution in [-0.2, 0) is 24.4 Å². The summed E-state index contributed by atoms with van der Waals surface area (Å²) in [5, 5.41) is 0. The Morgan fingerprint density at radius 2 is 1.88 bits per heavy atom. The molecule has 0 aliphatic carbocycles. The number of hydrogen-bond acceptors (Lipinski definition) is 5. The van der Waals surface area contributed by atoms with Crippen molar-refractivity contribution < 1.29 is 22.8 Å². The van der Waals surface area contributed by atoms with Crippen molar-refractivity contribution in [1.82, 2.24) is 9.62 Å². The molecule has 1 saturated heterocycles. The highest BCUT2D eigenvalue weighted by Crippen LogP contribution is 2.15. The lowest BCUT2D eigenvalue weighted by Crippen LogP contribution is -2.55. The van der Waals surface area contributed by atoms with Crippen molar-refractivity contribution >= 4 is 27.7 Å². The highest BCUT2D eigenvalue weighted by molar-refractivity contribution is 7.89. The van der Waals surface area contributed by atoms with Gasteiger partial charge < -0.3 is 10.6 Å². The summed E-state index contributed by atoms with van der Waals surface area (Å²) in [5.74, 6) is -2.28. The van der Waals surface area contributed by atoms with Gasteiger partial charge in [0.2, 0.25) is 27.7 Å². The number of hydrogen-bond donors (Lipinski definition) is 2. The van der Waals surface area contributed by atoms with Crippen molar-refractivity contribution in [3.8, 4) is 0 Å². The first kappa shape index (κ1) is 13.4. The van der Waals surface area contributed by atoms with Crippen LogP contribution < -0.4 is 10.5 Å². The number of primary amides is 1. The van der Waals surface area contributed by atoms with Gasteiger partial charge in [-0.15, -0.1) is 0 Å². The third kappa shape index (κ3) is 4.02. The third-order valence-electron chi connectivity index (χ3n) is 2.25. The number of likely N-dealkylation sites (tertiary alicyclic amines) is 1. The largest absolute Gasteiger partial charge is 0.369 e. The van der Waals surface area contributed by atoms with Crippen molar-refractivity contribution in [1.29, 1.82) is 0 Å². The lowest BCUT2D eigenvalue weighted by molar-refractivity contribution is -0.143. The molecule has 0 bridgehead atoms. The van der Waals surface area contributed by atoms with Gasteiger partial charge in [0.05, 0.1) is 12.2 Å². The average molecular weight is 263 g/mol. The van der Waals surface area contributed by atoms with Crippen LogP contribution >= 0.6 is 0 Å². The van der Waals surface area contributed by atoms with Crippen LogP contribution in [0.15, 0.2) is 0 Å². The van der Waals surface area contributed by atoms with E-state index < -0.39 is 34.2 Å². The minimum atomic E-state index is -3.65. The van der Waals surface area contributed by atoms with E-state index in [2.05, 4.69) is 0 Å². The highest BCUT2D eigenvalue weighted by Gasteiger charge is 2.34. The number of carbonyl (C=O) groups is 3. The smallest absolute Gasteiger partial charge is 0.242 e. The van der Waals surface area contributed by atoms with Gasteiger partial charge in [0.25, 0.3) is 0 Å². The first-order chi connectivity index (χ1) is 7.69. The molecule has 8 nitrogen and oxygen atoms in total. The zero-order valence-electron chi connectivity index (χ0n) is 9.17. The van der Waals surface area contributed by atoms with Gasteiger partial charge in [-0.1, -0.05) is 0 Å². The van der Waals surface area contributed by atoms with Crippen molar-refractivity contribution in [3.63, 3.8) is 0 Å². The van der Waals surface area contributed by atoms with E-state index in [4.69, 9.17) is 5.73 Å². The summed E-state index contributed by atoms with van der Waals surface area (Å²) in [4.78, 5) is 34.5. The van der Waals surface area contributed by atoms with E-state index >= 15 is 0 Å². The van der Waals surface area contributed by atoms with Crippen LogP contribution in [0.3, 0.4) is 0 Å². The molecule has 0 radical (unpaired) electrons. The standard InChI is InChI=1S/C8H13N3O5S/c1-17(15,16)10-6(12)2-7(13)11-3-5(4-11)8(9)14/h5H,2-4H2,1H3,(H2,9,14)(H,10,12). The van der Waals surface area contributed by atoms with E-state index in [0.29, 0.717) is 0 Å². The summed E-state index contributed by atoms with van der Waals surface area (Å²) in [6.45, 7) is 0.362. The maximum Gasteiger partial charge on any atom is 0.242 e. The number of amides is 3. The highest BCUT2D eigenvalue weighted by atomic mass is 32.2. The van der Waals surface area contributed by atoms with Crippen LogP contribution in [0.25, 0.3) is 0 Å². The minimum absolute atomic E-state index is 0.181. The van der Waals surface area contributed by atoms with Gasteiger partial charge in [0.15, 0.2) is 0 Å². The van der Waals surface area contributed by atoms with Crippen LogP contribution in [0.2, 0.25) is 0 Å². The van der Waals surface area contributed by atoms with Crippen LogP contribution in [-0.4, -0.2) is 50.4 Å². The van der Waals surface area contributed by atoms with E-state index in [1.54, 1.807) is 4.72 Å². The molecule has 1 rings (SSSR count). The summed E-state index contributed by atoms with van der Waals surface area (Å²) < 4.78 is 23.1. The molecule has 1 heterocycles. The number of sulfonamides is 1. The Morgan fingerprint density at radius 1 is 1.35 bits per heavy atom. The molecule has 96 valence electrons. The van der Waals surface area contributed by atoms with Crippen LogP contribution in [0.4, 0.5) is 0 Å². The van der Waals surface area contributed by atoms with Crippen LogP contribution in [0, 0.1) is 5.92 Å². The zero-order chi connectivity index (χ0) is 13.2. The second kappa shape index (κ2) is 4.70. The predicted molar refractivity (Wildman–Crippen MR) is 56.9 cm³/mol. The van der Waals surface area contributed by atoms with Gasteiger partial charge in [-0.2, -0.15) is 0 Å². The zero-order valence-corrected chi connectivity index (χ0v) is 9.99. The molecule has 1 aliphatic heterocycles. The molecule has 3 amide bonds. The van der Waals surface area contributed by atoms with E-state index in [1.165, 1.54) is 4.90 Å². The minimum Gasteiger partial charge on any atom is -0.369 e. The molecule has 0 atom stereocenters. The molecule has 0 unspecified atom stereocenters. The molecule has 17 heavy (non-hydrogen) atoms. The van der Waals surface area contributed by atoms with E-state index in [-0.39, 0.29) is 19.0 Å². The number of rotatable bonds is 4. The molecular formula is C8H13N3O5S. The first-order valence-corrected chi connectivity index (χ1v) is 6.66. The molecule has 0 aromatic heterocycles. The normalized spacial score (nSPS) is 16.2. The van der Waals surface area contributed by atoms with Crippen molar-refractivity contribution in [3.05, 3.63) is 0 Å². The van der Waals surface area contributed by atoms with E-state index in [9.17, 15) is 22.8 Å². The summed E-state index contributed by atoms with van der Waals surface area (Å²) in [5.41, 5.74) is 5.01. The molecule has 1 fully saturated rings. The predicted octanol–water partition coefficient (Wildman–Crippen LogP) is -2.60. The van der Waals surface area contributed by atoms with Crippen molar-refractivity contribution in [2.45, 2.75) is 6.42 Å². The quantitative estimate of drug-likeness (QED) is 0.537. The maximum atomic E-state index is 11.4. The van der Waals surface area contributed by atoms with Gasteiger partial charge in [-0.25, -0.2) is 8.42 Å². The average Bonchev–Trinajstić information content (AvgIpc) is 1.94. The molecular weight excluding hydrogens is 250 g/mol. The molecule has 3 N–H and O–H groups in total. The topological polar surface area (TPSA) is 127 Å². The molecule has 0 aromatic rings. The van der Waals surface area contributed by atoms with Crippen molar-refractivity contribution in [2.75, 3.05) is 19.3 Å². The van der Waals surface area contributed by atoms with Gasteiger partial charge in [0.1, 0.15) is 6.42 Å². The van der Waals surface area contributed by atoms with Gasteiger partial charge in [-0.3, -0.25) is 19.1 Å². The monoisotopic (exact) mass is 263 g/mol. The Kier molecular flexibility index (Phi) is 3.71. The molecule has 0 saturated carbocycles. The lowest BCUT2D eigenvalue weighted by atomic mass is 9.99.